The Labute approximate surface area is 101 Å². The molecule has 9 heteroatoms. The number of guanidine groups is 1. The fraction of sp³-hybridized carbons (Fsp3) is 0. The average molecular weight is 258 g/mol. The van der Waals surface area contributed by atoms with Gasteiger partial charge in [0, 0.05) is 11.1 Å². The van der Waals surface area contributed by atoms with Gasteiger partial charge >= 0.3 is 5.96 Å². The number of nitro groups is 1. The molecule has 0 aliphatic heterocycles. The van der Waals surface area contributed by atoms with Gasteiger partial charge in [0.1, 0.15) is 0 Å². The van der Waals surface area contributed by atoms with Crippen molar-refractivity contribution in [1.29, 1.82) is 0 Å². The third kappa shape index (κ3) is 3.31. The van der Waals surface area contributed by atoms with Crippen LogP contribution >= 0.6 is 11.6 Å². The molecule has 0 aromatic heterocycles. The van der Waals surface area contributed by atoms with Crippen LogP contribution in [-0.2, 0) is 0 Å². The summed E-state index contributed by atoms with van der Waals surface area (Å²) < 4.78 is 0. The quantitative estimate of drug-likeness (QED) is 0.201. The highest BCUT2D eigenvalue weighted by atomic mass is 35.5. The molecule has 0 bridgehead atoms. The normalized spacial score (nSPS) is 10.4. The van der Waals surface area contributed by atoms with Crippen molar-refractivity contribution in [3.05, 3.63) is 44.1 Å². The molecule has 1 aromatic rings. The fourth-order valence-electron chi connectivity index (χ4n) is 0.976. The van der Waals surface area contributed by atoms with E-state index in [1.807, 2.05) is 0 Å². The summed E-state index contributed by atoms with van der Waals surface area (Å²) in [5.74, 6) is -0.578. The van der Waals surface area contributed by atoms with Crippen LogP contribution in [0.5, 0.6) is 0 Å². The number of halogens is 1. The summed E-state index contributed by atoms with van der Waals surface area (Å²) in [4.78, 5) is 9.98. The smallest absolute Gasteiger partial charge is 0.366 e. The predicted octanol–water partition coefficient (Wildman–Crippen LogP) is 0.366. The van der Waals surface area contributed by atoms with Gasteiger partial charge in [0.25, 0.3) is 5.69 Å². The van der Waals surface area contributed by atoms with Crippen molar-refractivity contribution in [3.63, 3.8) is 0 Å². The SMILES string of the molecule is NC(N)=[N+]([O-])/N=C/c1cc(Cl)ccc1[N+](=O)[O-]. The molecule has 0 spiro atoms. The van der Waals surface area contributed by atoms with Gasteiger partial charge in [-0.1, -0.05) is 11.6 Å². The number of nitro benzene ring substituents is 1. The molecule has 0 aliphatic rings. The zero-order valence-electron chi connectivity index (χ0n) is 8.41. The van der Waals surface area contributed by atoms with Crippen molar-refractivity contribution in [3.8, 4) is 0 Å². The van der Waals surface area contributed by atoms with Gasteiger partial charge in [-0.25, -0.2) is 0 Å². The highest BCUT2D eigenvalue weighted by molar-refractivity contribution is 6.31. The highest BCUT2D eigenvalue weighted by Crippen LogP contribution is 2.20. The van der Waals surface area contributed by atoms with Gasteiger partial charge in [0.05, 0.1) is 16.7 Å². The molecule has 0 aliphatic carbocycles. The van der Waals surface area contributed by atoms with Crippen LogP contribution in [0, 0.1) is 15.3 Å². The van der Waals surface area contributed by atoms with Crippen LogP contribution in [0.4, 0.5) is 5.69 Å². The van der Waals surface area contributed by atoms with Crippen LogP contribution in [-0.4, -0.2) is 21.9 Å². The summed E-state index contributed by atoms with van der Waals surface area (Å²) in [6.45, 7) is 0. The first-order valence-electron chi connectivity index (χ1n) is 4.25. The van der Waals surface area contributed by atoms with E-state index in [-0.39, 0.29) is 21.1 Å². The lowest BCUT2D eigenvalue weighted by molar-refractivity contribution is -0.464. The van der Waals surface area contributed by atoms with E-state index in [2.05, 4.69) is 5.10 Å². The number of rotatable bonds is 3. The molecule has 0 atom stereocenters. The maximum absolute atomic E-state index is 10.9. The zero-order chi connectivity index (χ0) is 13.0. The van der Waals surface area contributed by atoms with Gasteiger partial charge in [-0.05, 0) is 12.1 Å². The molecule has 0 amide bonds. The molecule has 0 saturated carbocycles. The molecule has 0 heterocycles. The predicted molar refractivity (Wildman–Crippen MR) is 62.7 cm³/mol. The zero-order valence-corrected chi connectivity index (χ0v) is 9.16. The van der Waals surface area contributed by atoms with Gasteiger partial charge in [-0.3, -0.25) is 21.6 Å². The Morgan fingerprint density at radius 2 is 2.06 bits per heavy atom. The van der Waals surface area contributed by atoms with Gasteiger partial charge < -0.3 is 5.21 Å². The lowest BCUT2D eigenvalue weighted by atomic mass is 10.2. The maximum atomic E-state index is 10.9. The molecule has 0 radical (unpaired) electrons. The minimum absolute atomic E-state index is 0.0649. The largest absolute Gasteiger partial charge is 0.722 e. The topological polar surface area (TPSA) is 134 Å². The van der Waals surface area contributed by atoms with E-state index < -0.39 is 10.9 Å². The second-order valence-corrected chi connectivity index (χ2v) is 3.34. The molecule has 0 fully saturated rings. The van der Waals surface area contributed by atoms with E-state index in [1.165, 1.54) is 18.2 Å². The molecule has 90 valence electrons. The maximum Gasteiger partial charge on any atom is 0.366 e. The molecule has 1 aromatic carbocycles. The third-order valence-electron chi connectivity index (χ3n) is 1.71. The molecule has 4 N–H and O–H groups in total. The third-order valence-corrected chi connectivity index (χ3v) is 1.94. The van der Waals surface area contributed by atoms with Crippen molar-refractivity contribution in [1.82, 2.24) is 0 Å². The molecule has 1 rings (SSSR count). The Bertz CT molecular complexity index is 510. The number of hydrogen-bond donors (Lipinski definition) is 2. The first-order chi connectivity index (χ1) is 7.91. The Balaban J connectivity index is 3.17. The van der Waals surface area contributed by atoms with Crippen LogP contribution in [0.15, 0.2) is 23.3 Å². The molecule has 0 unspecified atom stereocenters. The van der Waals surface area contributed by atoms with Crippen molar-refractivity contribution in [2.24, 2.45) is 16.6 Å². The number of benzene rings is 1. The molecule has 0 saturated heterocycles. The molecule has 17 heavy (non-hydrogen) atoms. The second-order valence-electron chi connectivity index (χ2n) is 2.90. The summed E-state index contributed by atoms with van der Waals surface area (Å²) in [6.07, 6.45) is 0.955. The van der Waals surface area contributed by atoms with Crippen LogP contribution in [0.1, 0.15) is 5.56 Å². The standard InChI is InChI=1S/C8H8ClN5O3/c9-6-1-2-7(14(16)17)5(3-6)4-12-13(15)8(10)11/h1-4H,10-11H2/b12-4+. The Hall–Kier alpha value is -2.35. The van der Waals surface area contributed by atoms with Gasteiger partial charge in [-0.2, -0.15) is 0 Å². The Morgan fingerprint density at radius 1 is 1.41 bits per heavy atom. The van der Waals surface area contributed by atoms with Gasteiger partial charge in [0.2, 0.25) is 0 Å². The average Bonchev–Trinajstić information content (AvgIpc) is 2.25. The van der Waals surface area contributed by atoms with Crippen LogP contribution in [0.3, 0.4) is 0 Å². The lowest BCUT2D eigenvalue weighted by Crippen LogP contribution is -2.30. The summed E-state index contributed by atoms with van der Waals surface area (Å²) in [5, 5.41) is 25.1. The Kier molecular flexibility index (Phi) is 3.83. The first-order valence-corrected chi connectivity index (χ1v) is 4.62. The molecular weight excluding hydrogens is 250 g/mol. The summed E-state index contributed by atoms with van der Waals surface area (Å²) in [7, 11) is 0. The van der Waals surface area contributed by atoms with E-state index in [0.29, 0.717) is 0 Å². The Morgan fingerprint density at radius 3 is 2.59 bits per heavy atom. The van der Waals surface area contributed by atoms with E-state index >= 15 is 0 Å². The summed E-state index contributed by atoms with van der Waals surface area (Å²) in [5.41, 5.74) is 9.76. The monoisotopic (exact) mass is 257 g/mol. The second kappa shape index (κ2) is 5.12. The van der Waals surface area contributed by atoms with Gasteiger partial charge in [-0.15, -0.1) is 9.95 Å². The minimum atomic E-state index is -0.623. The van der Waals surface area contributed by atoms with Crippen molar-refractivity contribution in [2.45, 2.75) is 0 Å². The molecule has 8 nitrogen and oxygen atoms in total. The van der Waals surface area contributed by atoms with E-state index in [0.717, 1.165) is 6.21 Å². The summed E-state index contributed by atoms with van der Waals surface area (Å²) >= 11 is 5.67. The highest BCUT2D eigenvalue weighted by Gasteiger charge is 2.12. The summed E-state index contributed by atoms with van der Waals surface area (Å²) in [6, 6.07) is 3.85. The minimum Gasteiger partial charge on any atom is -0.722 e. The van der Waals surface area contributed by atoms with Crippen molar-refractivity contribution in [2.75, 3.05) is 0 Å². The fourth-order valence-corrected chi connectivity index (χ4v) is 1.16. The van der Waals surface area contributed by atoms with E-state index in [9.17, 15) is 15.3 Å². The first kappa shape index (κ1) is 12.7. The van der Waals surface area contributed by atoms with E-state index in [1.54, 1.807) is 0 Å². The van der Waals surface area contributed by atoms with Crippen LogP contribution in [0.25, 0.3) is 0 Å². The number of nitrogens with two attached hydrogens (primary N) is 2. The van der Waals surface area contributed by atoms with Gasteiger partial charge in [0.15, 0.2) is 0 Å². The molecular formula is C8H8ClN5O3. The number of nitrogens with zero attached hydrogens (tertiary/aromatic N) is 3. The van der Waals surface area contributed by atoms with Crippen molar-refractivity contribution < 1.29 is 9.77 Å². The lowest BCUT2D eigenvalue weighted by Gasteiger charge is -2.03. The van der Waals surface area contributed by atoms with Crippen LogP contribution in [0.2, 0.25) is 5.02 Å². The van der Waals surface area contributed by atoms with Crippen molar-refractivity contribution >= 4 is 29.5 Å². The van der Waals surface area contributed by atoms with E-state index in [4.69, 9.17) is 23.1 Å². The number of hydrogen-bond acceptors (Lipinski definition) is 4. The number of hydrazone groups is 1. The van der Waals surface area contributed by atoms with Crippen LogP contribution < -0.4 is 11.5 Å².